The van der Waals surface area contributed by atoms with E-state index in [-0.39, 0.29) is 11.9 Å². The Kier molecular flexibility index (Phi) is 12.5. The summed E-state index contributed by atoms with van der Waals surface area (Å²) in [6, 6.07) is 0. The van der Waals surface area contributed by atoms with Crippen LogP contribution < -0.4 is 0 Å². The van der Waals surface area contributed by atoms with Crippen LogP contribution in [0.1, 0.15) is 65.2 Å². The highest BCUT2D eigenvalue weighted by molar-refractivity contribution is 5.93. The molecule has 0 aromatic rings. The fourth-order valence-corrected chi connectivity index (χ4v) is 2.02. The highest BCUT2D eigenvalue weighted by Crippen LogP contribution is 2.08. The number of unbranched alkanes of at least 4 members (excludes halogenated alkanes) is 6. The standard InChI is InChI=1S/C17H29NO3/c1-4-18(5-2)16(19)14-12-10-8-6-7-9-11-13-15-17(20)21-3/h4-11,13,15H2,1-3H3. The van der Waals surface area contributed by atoms with E-state index in [9.17, 15) is 9.59 Å². The lowest BCUT2D eigenvalue weighted by atomic mass is 10.1. The molecule has 0 aliphatic heterocycles. The summed E-state index contributed by atoms with van der Waals surface area (Å²) in [7, 11) is 1.42. The van der Waals surface area contributed by atoms with E-state index in [1.54, 1.807) is 4.90 Å². The Balaban J connectivity index is 3.48. The van der Waals surface area contributed by atoms with Gasteiger partial charge in [-0.3, -0.25) is 9.59 Å². The van der Waals surface area contributed by atoms with E-state index in [2.05, 4.69) is 16.6 Å². The van der Waals surface area contributed by atoms with Crippen molar-refractivity contribution in [1.82, 2.24) is 4.90 Å². The fraction of sp³-hybridized carbons (Fsp3) is 0.765. The van der Waals surface area contributed by atoms with Gasteiger partial charge in [-0.15, -0.1) is 0 Å². The van der Waals surface area contributed by atoms with Crippen molar-refractivity contribution in [2.24, 2.45) is 0 Å². The first-order valence-electron chi connectivity index (χ1n) is 8.00. The predicted molar refractivity (Wildman–Crippen MR) is 84.7 cm³/mol. The summed E-state index contributed by atoms with van der Waals surface area (Å²) < 4.78 is 4.59. The van der Waals surface area contributed by atoms with Crippen molar-refractivity contribution in [2.75, 3.05) is 20.2 Å². The monoisotopic (exact) mass is 295 g/mol. The largest absolute Gasteiger partial charge is 0.469 e. The number of ether oxygens (including phenoxy) is 1. The van der Waals surface area contributed by atoms with Crippen LogP contribution in [0.4, 0.5) is 0 Å². The van der Waals surface area contributed by atoms with Gasteiger partial charge in [0.15, 0.2) is 0 Å². The highest BCUT2D eigenvalue weighted by atomic mass is 16.5. The summed E-state index contributed by atoms with van der Waals surface area (Å²) in [6.45, 7) is 5.36. The molecule has 4 nitrogen and oxygen atoms in total. The molecule has 0 unspecified atom stereocenters. The Morgan fingerprint density at radius 2 is 1.52 bits per heavy atom. The molecular weight excluding hydrogens is 266 g/mol. The van der Waals surface area contributed by atoms with E-state index in [4.69, 9.17) is 0 Å². The molecule has 1 amide bonds. The van der Waals surface area contributed by atoms with E-state index in [1.807, 2.05) is 13.8 Å². The number of hydrogen-bond donors (Lipinski definition) is 0. The van der Waals surface area contributed by atoms with Crippen molar-refractivity contribution in [3.05, 3.63) is 0 Å². The number of amides is 1. The predicted octanol–water partition coefficient (Wildman–Crippen LogP) is 3.15. The van der Waals surface area contributed by atoms with Crippen LogP contribution in [0.2, 0.25) is 0 Å². The van der Waals surface area contributed by atoms with Gasteiger partial charge >= 0.3 is 5.97 Å². The van der Waals surface area contributed by atoms with Gasteiger partial charge in [-0.25, -0.2) is 0 Å². The maximum atomic E-state index is 11.6. The molecule has 0 spiro atoms. The molecule has 0 bridgehead atoms. The molecule has 0 fully saturated rings. The second-order valence-electron chi connectivity index (χ2n) is 4.98. The van der Waals surface area contributed by atoms with E-state index in [1.165, 1.54) is 7.11 Å². The zero-order valence-corrected chi connectivity index (χ0v) is 13.7. The van der Waals surface area contributed by atoms with Crippen molar-refractivity contribution in [3.63, 3.8) is 0 Å². The number of methoxy groups -OCH3 is 1. The van der Waals surface area contributed by atoms with Crippen LogP contribution >= 0.6 is 0 Å². The first-order valence-corrected chi connectivity index (χ1v) is 8.00. The second kappa shape index (κ2) is 13.5. The Morgan fingerprint density at radius 3 is 2.10 bits per heavy atom. The number of esters is 1. The van der Waals surface area contributed by atoms with E-state index in [0.29, 0.717) is 6.42 Å². The Bertz CT molecular complexity index is 351. The van der Waals surface area contributed by atoms with E-state index in [0.717, 1.165) is 58.0 Å². The van der Waals surface area contributed by atoms with Crippen molar-refractivity contribution in [3.8, 4) is 11.8 Å². The van der Waals surface area contributed by atoms with Crippen molar-refractivity contribution >= 4 is 11.9 Å². The third-order valence-corrected chi connectivity index (χ3v) is 3.41. The van der Waals surface area contributed by atoms with Crippen LogP contribution in [-0.4, -0.2) is 37.0 Å². The molecule has 0 aliphatic carbocycles. The fourth-order valence-electron chi connectivity index (χ4n) is 2.02. The molecular formula is C17H29NO3. The van der Waals surface area contributed by atoms with Gasteiger partial charge in [0, 0.05) is 25.9 Å². The van der Waals surface area contributed by atoms with E-state index >= 15 is 0 Å². The summed E-state index contributed by atoms with van der Waals surface area (Å²) >= 11 is 0. The number of hydrogen-bond acceptors (Lipinski definition) is 3. The molecule has 0 atom stereocenters. The van der Waals surface area contributed by atoms with Crippen LogP contribution in [0.5, 0.6) is 0 Å². The van der Waals surface area contributed by atoms with Crippen LogP contribution in [0.15, 0.2) is 0 Å². The second-order valence-corrected chi connectivity index (χ2v) is 4.98. The topological polar surface area (TPSA) is 46.6 Å². The molecule has 0 aliphatic rings. The first-order chi connectivity index (χ1) is 10.2. The van der Waals surface area contributed by atoms with E-state index < -0.39 is 0 Å². The van der Waals surface area contributed by atoms with Crippen LogP contribution in [0.25, 0.3) is 0 Å². The number of carbonyl (C=O) groups excluding carboxylic acids is 2. The summed E-state index contributed by atoms with van der Waals surface area (Å²) in [4.78, 5) is 24.2. The molecule has 0 saturated carbocycles. The van der Waals surface area contributed by atoms with Crippen LogP contribution in [0, 0.1) is 11.8 Å². The number of rotatable bonds is 10. The van der Waals surface area contributed by atoms with Gasteiger partial charge in [-0.2, -0.15) is 0 Å². The molecule has 4 heteroatoms. The molecule has 0 N–H and O–H groups in total. The maximum Gasteiger partial charge on any atom is 0.305 e. The lowest BCUT2D eigenvalue weighted by molar-refractivity contribution is -0.140. The normalized spacial score (nSPS) is 9.67. The molecule has 120 valence electrons. The Morgan fingerprint density at radius 1 is 0.952 bits per heavy atom. The molecule has 0 rings (SSSR count). The van der Waals surface area contributed by atoms with Gasteiger partial charge in [0.25, 0.3) is 5.91 Å². The van der Waals surface area contributed by atoms with Gasteiger partial charge in [-0.1, -0.05) is 31.6 Å². The van der Waals surface area contributed by atoms with Crippen molar-refractivity contribution in [1.29, 1.82) is 0 Å². The Labute approximate surface area is 129 Å². The molecule has 21 heavy (non-hydrogen) atoms. The number of nitrogens with zero attached hydrogens (tertiary/aromatic N) is 1. The molecule has 0 radical (unpaired) electrons. The smallest absolute Gasteiger partial charge is 0.305 e. The van der Waals surface area contributed by atoms with Gasteiger partial charge in [0.05, 0.1) is 7.11 Å². The third-order valence-electron chi connectivity index (χ3n) is 3.41. The zero-order chi connectivity index (χ0) is 15.9. The molecule has 0 saturated heterocycles. The van der Waals surface area contributed by atoms with Crippen molar-refractivity contribution in [2.45, 2.75) is 65.2 Å². The lowest BCUT2D eigenvalue weighted by Gasteiger charge is -2.14. The summed E-state index contributed by atoms with van der Waals surface area (Å²) in [5, 5.41) is 0. The van der Waals surface area contributed by atoms with Gasteiger partial charge in [0.1, 0.15) is 0 Å². The average Bonchev–Trinajstić information content (AvgIpc) is 2.50. The summed E-state index contributed by atoms with van der Waals surface area (Å²) in [5.41, 5.74) is 0. The van der Waals surface area contributed by atoms with Crippen LogP contribution in [0.3, 0.4) is 0 Å². The SMILES string of the molecule is CCN(CC)C(=O)C#CCCCCCCCCC(=O)OC. The summed E-state index contributed by atoms with van der Waals surface area (Å²) in [6.07, 6.45) is 7.76. The molecule has 0 aromatic carbocycles. The number of carbonyl (C=O) groups is 2. The quantitative estimate of drug-likeness (QED) is 0.353. The van der Waals surface area contributed by atoms with Gasteiger partial charge < -0.3 is 9.64 Å². The minimum Gasteiger partial charge on any atom is -0.469 e. The van der Waals surface area contributed by atoms with Crippen molar-refractivity contribution < 1.29 is 14.3 Å². The maximum absolute atomic E-state index is 11.6. The molecule has 0 heterocycles. The lowest BCUT2D eigenvalue weighted by Crippen LogP contribution is -2.29. The average molecular weight is 295 g/mol. The molecule has 0 aromatic heterocycles. The van der Waals surface area contributed by atoms with Crippen LogP contribution in [-0.2, 0) is 14.3 Å². The van der Waals surface area contributed by atoms with Gasteiger partial charge in [-0.05, 0) is 32.6 Å². The third kappa shape index (κ3) is 10.9. The minimum atomic E-state index is -0.122. The minimum absolute atomic E-state index is 0.0668. The Hall–Kier alpha value is -1.50. The first kappa shape index (κ1) is 19.5. The summed E-state index contributed by atoms with van der Waals surface area (Å²) in [5.74, 6) is 5.47. The highest BCUT2D eigenvalue weighted by Gasteiger charge is 2.04. The zero-order valence-electron chi connectivity index (χ0n) is 13.7. The van der Waals surface area contributed by atoms with Gasteiger partial charge in [0.2, 0.25) is 0 Å².